The van der Waals surface area contributed by atoms with Gasteiger partial charge in [-0.05, 0) is 107 Å². The second-order valence-corrected chi connectivity index (χ2v) is 16.6. The Hall–Kier alpha value is -7.80. The molecule has 61 heavy (non-hydrogen) atoms. The molecule has 0 amide bonds. The Morgan fingerprint density at radius 3 is 1.10 bits per heavy atom. The van der Waals surface area contributed by atoms with Gasteiger partial charge in [0.05, 0.1) is 22.0 Å². The van der Waals surface area contributed by atoms with Crippen molar-refractivity contribution in [2.45, 2.75) is 5.16 Å². The summed E-state index contributed by atoms with van der Waals surface area (Å²) in [6.45, 7) is 0. The summed E-state index contributed by atoms with van der Waals surface area (Å²) >= 11 is 0. The van der Waals surface area contributed by atoms with Gasteiger partial charge < -0.3 is 18.7 Å². The highest BCUT2D eigenvalue weighted by Crippen LogP contribution is 2.71. The number of carbonyl (C=O) groups excluding carboxylic acids is 3. The Bertz CT molecular complexity index is 2680. The van der Waals surface area contributed by atoms with Crippen molar-refractivity contribution < 1.29 is 37.7 Å². The highest BCUT2D eigenvalue weighted by atomic mass is 31.2. The molecule has 0 radical (unpaired) electrons. The lowest BCUT2D eigenvalue weighted by Gasteiger charge is -2.44. The molecule has 0 fully saturated rings. The molecule has 296 valence electrons. The summed E-state index contributed by atoms with van der Waals surface area (Å²) in [6.07, 6.45) is 0. The van der Waals surface area contributed by atoms with Crippen molar-refractivity contribution in [1.82, 2.24) is 0 Å². The van der Waals surface area contributed by atoms with Crippen LogP contribution in [0.5, 0.6) is 23.0 Å². The van der Waals surface area contributed by atoms with Crippen molar-refractivity contribution in [3.63, 3.8) is 0 Å². The van der Waals surface area contributed by atoms with Gasteiger partial charge in [0, 0.05) is 5.56 Å². The minimum Gasteiger partial charge on any atom is -0.438 e. The van der Waals surface area contributed by atoms with Crippen LogP contribution in [0, 0.1) is 0 Å². The van der Waals surface area contributed by atoms with E-state index < -0.39 is 30.4 Å². The summed E-state index contributed by atoms with van der Waals surface area (Å²) in [6, 6.07) is 61.5. The minimum absolute atomic E-state index is 0.270. The predicted molar refractivity (Wildman–Crippen MR) is 233 cm³/mol. The van der Waals surface area contributed by atoms with E-state index in [2.05, 4.69) is 0 Å². The Labute approximate surface area is 352 Å². The molecule has 0 saturated heterocycles. The zero-order valence-electron chi connectivity index (χ0n) is 32.4. The van der Waals surface area contributed by atoms with Crippen molar-refractivity contribution in [2.24, 2.45) is 0 Å². The van der Waals surface area contributed by atoms with Crippen LogP contribution in [0.15, 0.2) is 212 Å². The molecule has 8 aromatic carbocycles. The van der Waals surface area contributed by atoms with Crippen LogP contribution in [-0.2, 0) is 9.72 Å². The molecule has 1 atom stereocenters. The first-order valence-electron chi connectivity index (χ1n) is 19.5. The van der Waals surface area contributed by atoms with E-state index in [1.54, 1.807) is 152 Å². The topological polar surface area (TPSA) is 105 Å². The molecule has 8 aromatic rings. The van der Waals surface area contributed by atoms with Crippen molar-refractivity contribution in [2.75, 3.05) is 0 Å². The molecule has 1 heterocycles. The van der Waals surface area contributed by atoms with Crippen molar-refractivity contribution in [3.8, 4) is 34.1 Å². The van der Waals surface area contributed by atoms with Crippen LogP contribution in [-0.4, -0.2) is 17.9 Å². The molecule has 9 rings (SSSR count). The second kappa shape index (κ2) is 16.5. The fraction of sp³-hybridized carbons (Fsp3) is 0.0192. The maximum atomic E-state index is 16.9. The van der Waals surface area contributed by atoms with Gasteiger partial charge in [0.1, 0.15) is 28.2 Å². The summed E-state index contributed by atoms with van der Waals surface area (Å²) < 4.78 is 41.2. The molecule has 0 N–H and O–H groups in total. The van der Waals surface area contributed by atoms with Gasteiger partial charge in [0.25, 0.3) is 7.37 Å². The standard InChI is InChI=1S/C52H35O8P/c53-49(36-14-4-1-5-15-36)57-42-30-24-39(25-31-42)52(40-26-32-43(33-27-40)58-50(54)37-16-6-2-7-17-37,41-28-34-44(35-29-41)59-51(55)38-18-8-3-9-19-38)61(56)48-23-13-11-21-46(48)45-20-10-12-22-47(45)60-61/h1-35H. The zero-order chi connectivity index (χ0) is 41.8. The van der Waals surface area contributed by atoms with Crippen LogP contribution in [0.25, 0.3) is 11.1 Å². The van der Waals surface area contributed by atoms with Gasteiger partial charge in [-0.25, -0.2) is 14.4 Å². The molecule has 0 spiro atoms. The van der Waals surface area contributed by atoms with Gasteiger partial charge in [-0.15, -0.1) is 0 Å². The lowest BCUT2D eigenvalue weighted by atomic mass is 9.83. The number of ether oxygens (including phenoxy) is 3. The fourth-order valence-corrected chi connectivity index (χ4v) is 11.0. The summed E-state index contributed by atoms with van der Waals surface area (Å²) in [5, 5.41) is -1.14. The lowest BCUT2D eigenvalue weighted by Crippen LogP contribution is -2.38. The summed E-state index contributed by atoms with van der Waals surface area (Å²) in [7, 11) is -4.24. The van der Waals surface area contributed by atoms with Crippen LogP contribution in [0.4, 0.5) is 0 Å². The van der Waals surface area contributed by atoms with Crippen LogP contribution in [0.2, 0.25) is 0 Å². The summed E-state index contributed by atoms with van der Waals surface area (Å²) in [4.78, 5) is 39.4. The van der Waals surface area contributed by atoms with Crippen molar-refractivity contribution in [3.05, 3.63) is 246 Å². The van der Waals surface area contributed by atoms with E-state index in [4.69, 9.17) is 18.7 Å². The molecule has 1 aliphatic rings. The third kappa shape index (κ3) is 7.30. The number of hydrogen-bond acceptors (Lipinski definition) is 8. The van der Waals surface area contributed by atoms with Crippen LogP contribution in [0.1, 0.15) is 47.8 Å². The Morgan fingerprint density at radius 2 is 0.705 bits per heavy atom. The average Bonchev–Trinajstić information content (AvgIpc) is 3.31. The van der Waals surface area contributed by atoms with E-state index in [1.807, 2.05) is 60.7 Å². The maximum absolute atomic E-state index is 16.9. The van der Waals surface area contributed by atoms with Gasteiger partial charge in [-0.2, -0.15) is 0 Å². The number of esters is 3. The third-order valence-corrected chi connectivity index (χ3v) is 13.7. The number of carbonyl (C=O) groups is 3. The number of para-hydroxylation sites is 1. The minimum atomic E-state index is -4.24. The Kier molecular flexibility index (Phi) is 10.4. The Balaban J connectivity index is 1.23. The van der Waals surface area contributed by atoms with E-state index in [0.29, 0.717) is 44.4 Å². The number of benzene rings is 8. The molecule has 8 nitrogen and oxygen atoms in total. The van der Waals surface area contributed by atoms with Crippen molar-refractivity contribution in [1.29, 1.82) is 0 Å². The lowest BCUT2D eigenvalue weighted by molar-refractivity contribution is 0.0725. The van der Waals surface area contributed by atoms with Crippen LogP contribution in [0.3, 0.4) is 0 Å². The molecule has 0 aliphatic carbocycles. The zero-order valence-corrected chi connectivity index (χ0v) is 33.3. The van der Waals surface area contributed by atoms with E-state index >= 15 is 4.57 Å². The van der Waals surface area contributed by atoms with E-state index in [1.165, 1.54) is 0 Å². The van der Waals surface area contributed by atoms with Gasteiger partial charge in [-0.1, -0.05) is 127 Å². The summed E-state index contributed by atoms with van der Waals surface area (Å²) in [5.41, 5.74) is 4.29. The van der Waals surface area contributed by atoms with E-state index in [0.717, 1.165) is 11.1 Å². The highest BCUT2D eigenvalue weighted by Gasteiger charge is 2.58. The molecule has 0 saturated carbocycles. The first-order valence-corrected chi connectivity index (χ1v) is 21.1. The third-order valence-electron chi connectivity index (χ3n) is 10.5. The molecule has 0 bridgehead atoms. The molecule has 1 unspecified atom stereocenters. The molecule has 9 heteroatoms. The van der Waals surface area contributed by atoms with Crippen LogP contribution < -0.4 is 24.0 Å². The van der Waals surface area contributed by atoms with Gasteiger partial charge in [0.2, 0.25) is 0 Å². The van der Waals surface area contributed by atoms with E-state index in [9.17, 15) is 14.4 Å². The molecule has 1 aliphatic heterocycles. The SMILES string of the molecule is O=C(Oc1ccc(C(c2ccc(OC(=O)c3ccccc3)cc2)(c2ccc(OC(=O)c3ccccc3)cc2)P2(=O)Oc3ccccc3-c3ccccc32)cc1)c1ccccc1. The highest BCUT2D eigenvalue weighted by molar-refractivity contribution is 7.69. The first kappa shape index (κ1) is 38.7. The summed E-state index contributed by atoms with van der Waals surface area (Å²) in [5.74, 6) is -0.354. The number of hydrogen-bond donors (Lipinski definition) is 0. The van der Waals surface area contributed by atoms with E-state index in [-0.39, 0.29) is 17.2 Å². The molecular weight excluding hydrogens is 784 g/mol. The smallest absolute Gasteiger partial charge is 0.343 e. The fourth-order valence-electron chi connectivity index (χ4n) is 7.69. The number of fused-ring (bicyclic) bond motifs is 3. The van der Waals surface area contributed by atoms with Gasteiger partial charge in [-0.3, -0.25) is 4.57 Å². The van der Waals surface area contributed by atoms with Crippen LogP contribution >= 0.6 is 7.37 Å². The second-order valence-electron chi connectivity index (χ2n) is 14.2. The monoisotopic (exact) mass is 818 g/mol. The largest absolute Gasteiger partial charge is 0.438 e. The van der Waals surface area contributed by atoms with Gasteiger partial charge >= 0.3 is 17.9 Å². The molecule has 0 aromatic heterocycles. The Morgan fingerprint density at radius 1 is 0.377 bits per heavy atom. The molecular formula is C52H35O8P. The predicted octanol–water partition coefficient (Wildman–Crippen LogP) is 11.3. The average molecular weight is 819 g/mol. The maximum Gasteiger partial charge on any atom is 0.343 e. The quantitative estimate of drug-likeness (QED) is 0.0581. The van der Waals surface area contributed by atoms with Gasteiger partial charge in [0.15, 0.2) is 0 Å². The number of rotatable bonds is 10. The van der Waals surface area contributed by atoms with Crippen molar-refractivity contribution >= 4 is 30.6 Å². The first-order chi connectivity index (χ1) is 29.8. The normalized spacial score (nSPS) is 14.0.